The maximum absolute atomic E-state index is 3.35. The van der Waals surface area contributed by atoms with Crippen LogP contribution in [0.25, 0.3) is 0 Å². The zero-order valence-corrected chi connectivity index (χ0v) is 11.2. The molecule has 0 aromatic heterocycles. The molecule has 2 atom stereocenters. The molecule has 2 aliphatic heterocycles. The molecule has 17 heavy (non-hydrogen) atoms. The summed E-state index contributed by atoms with van der Waals surface area (Å²) in [7, 11) is 2.09. The van der Waals surface area contributed by atoms with E-state index in [4.69, 9.17) is 0 Å². The van der Waals surface area contributed by atoms with Gasteiger partial charge < -0.3 is 5.32 Å². The number of nitrogens with one attached hydrogen (secondary N) is 1. The van der Waals surface area contributed by atoms with Crippen molar-refractivity contribution < 1.29 is 0 Å². The number of nitrogens with zero attached hydrogens (tertiary/aromatic N) is 2. The van der Waals surface area contributed by atoms with Crippen LogP contribution in [-0.2, 0) is 0 Å². The Balaban J connectivity index is 1.50. The first-order valence-corrected chi connectivity index (χ1v) is 7.49. The molecular formula is C14H27N3. The summed E-state index contributed by atoms with van der Waals surface area (Å²) >= 11 is 0. The first-order chi connectivity index (χ1) is 8.36. The summed E-state index contributed by atoms with van der Waals surface area (Å²) < 4.78 is 0. The molecule has 1 saturated carbocycles. The van der Waals surface area contributed by atoms with Crippen molar-refractivity contribution in [1.82, 2.24) is 15.1 Å². The SMILES string of the molecule is CNCC1CCCN(C2CCN(C3CC3)C2)C1. The molecule has 2 saturated heterocycles. The fourth-order valence-corrected chi connectivity index (χ4v) is 3.72. The highest BCUT2D eigenvalue weighted by molar-refractivity contribution is 4.93. The molecule has 3 nitrogen and oxygen atoms in total. The normalized spacial score (nSPS) is 36.5. The van der Waals surface area contributed by atoms with Gasteiger partial charge >= 0.3 is 0 Å². The van der Waals surface area contributed by atoms with Gasteiger partial charge in [-0.3, -0.25) is 9.80 Å². The molecule has 0 amide bonds. The number of rotatable bonds is 4. The zero-order chi connectivity index (χ0) is 11.7. The minimum Gasteiger partial charge on any atom is -0.319 e. The van der Waals surface area contributed by atoms with Gasteiger partial charge in [-0.1, -0.05) is 0 Å². The first kappa shape index (κ1) is 11.9. The average Bonchev–Trinajstić information content (AvgIpc) is 3.08. The van der Waals surface area contributed by atoms with E-state index >= 15 is 0 Å². The smallest absolute Gasteiger partial charge is 0.0235 e. The molecule has 0 aromatic rings. The molecule has 2 heterocycles. The lowest BCUT2D eigenvalue weighted by Crippen LogP contribution is -2.46. The molecule has 1 N–H and O–H groups in total. The van der Waals surface area contributed by atoms with Crippen LogP contribution in [0.1, 0.15) is 32.1 Å². The van der Waals surface area contributed by atoms with Gasteiger partial charge in [0.25, 0.3) is 0 Å². The molecule has 1 aliphatic carbocycles. The van der Waals surface area contributed by atoms with Gasteiger partial charge in [-0.25, -0.2) is 0 Å². The molecule has 3 heteroatoms. The minimum atomic E-state index is 0.871. The van der Waals surface area contributed by atoms with Gasteiger partial charge in [0, 0.05) is 31.7 Å². The van der Waals surface area contributed by atoms with Gasteiger partial charge in [-0.15, -0.1) is 0 Å². The van der Waals surface area contributed by atoms with Crippen molar-refractivity contribution in [3.63, 3.8) is 0 Å². The summed E-state index contributed by atoms with van der Waals surface area (Å²) in [5.74, 6) is 0.892. The van der Waals surface area contributed by atoms with E-state index in [1.54, 1.807) is 0 Å². The Morgan fingerprint density at radius 3 is 2.53 bits per heavy atom. The van der Waals surface area contributed by atoms with Crippen LogP contribution in [0.3, 0.4) is 0 Å². The van der Waals surface area contributed by atoms with Gasteiger partial charge in [0.05, 0.1) is 0 Å². The van der Waals surface area contributed by atoms with Gasteiger partial charge in [0.2, 0.25) is 0 Å². The quantitative estimate of drug-likeness (QED) is 0.791. The zero-order valence-electron chi connectivity index (χ0n) is 11.2. The lowest BCUT2D eigenvalue weighted by Gasteiger charge is -2.36. The average molecular weight is 237 g/mol. The van der Waals surface area contributed by atoms with E-state index in [0.29, 0.717) is 0 Å². The Hall–Kier alpha value is -0.120. The molecule has 3 aliphatic rings. The molecule has 0 bridgehead atoms. The van der Waals surface area contributed by atoms with Crippen molar-refractivity contribution in [2.45, 2.75) is 44.2 Å². The van der Waals surface area contributed by atoms with Crippen LogP contribution in [0.15, 0.2) is 0 Å². The number of hydrogen-bond acceptors (Lipinski definition) is 3. The predicted octanol–water partition coefficient (Wildman–Crippen LogP) is 1.15. The highest BCUT2D eigenvalue weighted by atomic mass is 15.3. The summed E-state index contributed by atoms with van der Waals surface area (Å²) in [6.07, 6.45) is 7.19. The summed E-state index contributed by atoms with van der Waals surface area (Å²) in [4.78, 5) is 5.53. The van der Waals surface area contributed by atoms with Crippen LogP contribution in [0.5, 0.6) is 0 Å². The summed E-state index contributed by atoms with van der Waals surface area (Å²) in [6.45, 7) is 6.61. The third-order valence-electron chi connectivity index (χ3n) is 4.82. The van der Waals surface area contributed by atoms with Crippen LogP contribution in [0.4, 0.5) is 0 Å². The second-order valence-corrected chi connectivity index (χ2v) is 6.23. The molecule has 0 spiro atoms. The molecule has 2 unspecified atom stereocenters. The van der Waals surface area contributed by atoms with Crippen LogP contribution >= 0.6 is 0 Å². The second kappa shape index (κ2) is 5.25. The third kappa shape index (κ3) is 2.83. The van der Waals surface area contributed by atoms with Gasteiger partial charge in [0.15, 0.2) is 0 Å². The fourth-order valence-electron chi connectivity index (χ4n) is 3.72. The molecule has 3 fully saturated rings. The Kier molecular flexibility index (Phi) is 3.69. The van der Waals surface area contributed by atoms with E-state index in [1.807, 2.05) is 0 Å². The highest BCUT2D eigenvalue weighted by Gasteiger charge is 2.37. The van der Waals surface area contributed by atoms with Crippen molar-refractivity contribution >= 4 is 0 Å². The number of piperidine rings is 1. The van der Waals surface area contributed by atoms with Crippen molar-refractivity contribution in [2.75, 3.05) is 39.8 Å². The van der Waals surface area contributed by atoms with Crippen molar-refractivity contribution in [3.05, 3.63) is 0 Å². The van der Waals surface area contributed by atoms with Crippen molar-refractivity contribution in [1.29, 1.82) is 0 Å². The largest absolute Gasteiger partial charge is 0.319 e. The lowest BCUT2D eigenvalue weighted by molar-refractivity contribution is 0.123. The van der Waals surface area contributed by atoms with Gasteiger partial charge in [0.1, 0.15) is 0 Å². The van der Waals surface area contributed by atoms with Crippen LogP contribution in [0, 0.1) is 5.92 Å². The topological polar surface area (TPSA) is 18.5 Å². The maximum atomic E-state index is 3.35. The van der Waals surface area contributed by atoms with Gasteiger partial charge in [-0.2, -0.15) is 0 Å². The minimum absolute atomic E-state index is 0.871. The lowest BCUT2D eigenvalue weighted by atomic mass is 9.96. The van der Waals surface area contributed by atoms with E-state index in [0.717, 1.165) is 18.0 Å². The first-order valence-electron chi connectivity index (χ1n) is 7.49. The molecule has 98 valence electrons. The standard InChI is InChI=1S/C14H27N3/c1-15-9-12-3-2-7-16(10-12)14-6-8-17(11-14)13-4-5-13/h12-15H,2-11H2,1H3. The molecule has 0 aromatic carbocycles. The second-order valence-electron chi connectivity index (χ2n) is 6.23. The Morgan fingerprint density at radius 2 is 1.76 bits per heavy atom. The molecule has 0 radical (unpaired) electrons. The summed E-state index contributed by atoms with van der Waals surface area (Å²) in [5, 5.41) is 3.35. The van der Waals surface area contributed by atoms with Gasteiger partial charge in [-0.05, 0) is 58.2 Å². The van der Waals surface area contributed by atoms with Crippen LogP contribution in [0.2, 0.25) is 0 Å². The number of hydrogen-bond donors (Lipinski definition) is 1. The summed E-state index contributed by atoms with van der Waals surface area (Å²) in [6, 6.07) is 1.84. The van der Waals surface area contributed by atoms with Crippen molar-refractivity contribution in [3.8, 4) is 0 Å². The van der Waals surface area contributed by atoms with Crippen molar-refractivity contribution in [2.24, 2.45) is 5.92 Å². The maximum Gasteiger partial charge on any atom is 0.0235 e. The molecular weight excluding hydrogens is 210 g/mol. The fraction of sp³-hybridized carbons (Fsp3) is 1.00. The van der Waals surface area contributed by atoms with E-state index < -0.39 is 0 Å². The van der Waals surface area contributed by atoms with Crippen LogP contribution < -0.4 is 5.32 Å². The Morgan fingerprint density at radius 1 is 0.941 bits per heavy atom. The van der Waals surface area contributed by atoms with E-state index in [1.165, 1.54) is 64.8 Å². The Labute approximate surface area is 106 Å². The third-order valence-corrected chi connectivity index (χ3v) is 4.82. The number of likely N-dealkylation sites (tertiary alicyclic amines) is 2. The molecule has 3 rings (SSSR count). The van der Waals surface area contributed by atoms with E-state index in [2.05, 4.69) is 22.2 Å². The van der Waals surface area contributed by atoms with Crippen LogP contribution in [-0.4, -0.2) is 61.7 Å². The van der Waals surface area contributed by atoms with E-state index in [9.17, 15) is 0 Å². The predicted molar refractivity (Wildman–Crippen MR) is 71.2 cm³/mol. The monoisotopic (exact) mass is 237 g/mol. The summed E-state index contributed by atoms with van der Waals surface area (Å²) in [5.41, 5.74) is 0. The Bertz CT molecular complexity index is 250. The highest BCUT2D eigenvalue weighted by Crippen LogP contribution is 2.32. The van der Waals surface area contributed by atoms with E-state index in [-0.39, 0.29) is 0 Å².